The van der Waals surface area contributed by atoms with Crippen molar-refractivity contribution >= 4 is 41.7 Å². The summed E-state index contributed by atoms with van der Waals surface area (Å²) in [5.41, 5.74) is 0.727. The molecule has 35 heavy (non-hydrogen) atoms. The molecule has 0 amide bonds. The summed E-state index contributed by atoms with van der Waals surface area (Å²) in [6, 6.07) is 10.3. The standard InChI is InChI=1S/C26H35N3O4.2ClH/c1-18(2)29-24-6-4-3-5-19(24)15-23(25(29)30)26(31)33-22-16-20-7-8-21(17-22)28(20)10-9-27-11-13-32-14-12-27;;/h3-6,15,18,20-22H,7-14,16-17H2,1-2H3;2*1H. The summed E-state index contributed by atoms with van der Waals surface area (Å²) in [7, 11) is 0. The molecule has 2 aromatic rings. The highest BCUT2D eigenvalue weighted by Crippen LogP contribution is 2.37. The number of morpholine rings is 1. The molecule has 3 saturated heterocycles. The van der Waals surface area contributed by atoms with Crippen LogP contribution in [0.3, 0.4) is 0 Å². The minimum atomic E-state index is -0.480. The van der Waals surface area contributed by atoms with Crippen LogP contribution >= 0.6 is 24.8 Å². The molecule has 0 saturated carbocycles. The number of hydrogen-bond donors (Lipinski definition) is 0. The monoisotopic (exact) mass is 525 g/mol. The van der Waals surface area contributed by atoms with Crippen LogP contribution in [0.15, 0.2) is 35.1 Å². The minimum Gasteiger partial charge on any atom is -0.459 e. The Hall–Kier alpha value is -1.64. The molecule has 3 aliphatic heterocycles. The Kier molecular flexibility index (Phi) is 9.63. The van der Waals surface area contributed by atoms with Crippen LogP contribution in [0.2, 0.25) is 0 Å². The molecular formula is C26H37Cl2N3O4. The number of carbonyl (C=O) groups is 1. The Morgan fingerprint density at radius 2 is 1.71 bits per heavy atom. The second kappa shape index (κ2) is 12.1. The van der Waals surface area contributed by atoms with Crippen LogP contribution in [-0.2, 0) is 9.47 Å². The van der Waals surface area contributed by atoms with Gasteiger partial charge >= 0.3 is 5.97 Å². The van der Waals surface area contributed by atoms with Crippen molar-refractivity contribution in [2.24, 2.45) is 0 Å². The third kappa shape index (κ3) is 5.86. The van der Waals surface area contributed by atoms with Gasteiger partial charge in [0.25, 0.3) is 5.56 Å². The highest BCUT2D eigenvalue weighted by atomic mass is 35.5. The molecule has 1 aromatic carbocycles. The largest absolute Gasteiger partial charge is 0.459 e. The average molecular weight is 527 g/mol. The van der Waals surface area contributed by atoms with Crippen molar-refractivity contribution in [3.05, 3.63) is 46.2 Å². The van der Waals surface area contributed by atoms with Crippen LogP contribution in [0.5, 0.6) is 0 Å². The van der Waals surface area contributed by atoms with Gasteiger partial charge in [0.05, 0.1) is 18.7 Å². The number of carbonyl (C=O) groups excluding carboxylic acids is 1. The molecule has 0 N–H and O–H groups in total. The molecule has 3 fully saturated rings. The molecule has 7 nitrogen and oxygen atoms in total. The lowest BCUT2D eigenvalue weighted by molar-refractivity contribution is -0.0123. The summed E-state index contributed by atoms with van der Waals surface area (Å²) in [4.78, 5) is 31.4. The maximum atomic E-state index is 13.2. The lowest BCUT2D eigenvalue weighted by atomic mass is 9.99. The maximum Gasteiger partial charge on any atom is 0.344 e. The molecule has 2 bridgehead atoms. The first-order chi connectivity index (χ1) is 16.0. The van der Waals surface area contributed by atoms with Gasteiger partial charge < -0.3 is 14.0 Å². The first-order valence-electron chi connectivity index (χ1n) is 12.4. The SMILES string of the molecule is CC(C)n1c(=O)c(C(=O)OC2CC3CCC(C2)N3CCN2CCOCC2)cc2ccccc21.Cl.Cl. The van der Waals surface area contributed by atoms with E-state index in [0.29, 0.717) is 12.1 Å². The molecule has 194 valence electrons. The second-order valence-electron chi connectivity index (χ2n) is 9.96. The first-order valence-corrected chi connectivity index (χ1v) is 12.4. The Morgan fingerprint density at radius 1 is 1.06 bits per heavy atom. The molecule has 1 aromatic heterocycles. The predicted octanol–water partition coefficient (Wildman–Crippen LogP) is 3.91. The zero-order valence-electron chi connectivity index (χ0n) is 20.6. The van der Waals surface area contributed by atoms with E-state index in [1.807, 2.05) is 38.1 Å². The fraction of sp³-hybridized carbons (Fsp3) is 0.615. The van der Waals surface area contributed by atoms with Crippen LogP contribution in [0.25, 0.3) is 10.9 Å². The fourth-order valence-corrected chi connectivity index (χ4v) is 5.93. The summed E-state index contributed by atoms with van der Waals surface area (Å²) in [6.45, 7) is 9.77. The van der Waals surface area contributed by atoms with Crippen LogP contribution in [0, 0.1) is 0 Å². The van der Waals surface area contributed by atoms with Gasteiger partial charge in [-0.3, -0.25) is 14.6 Å². The Labute approximate surface area is 219 Å². The number of esters is 1. The summed E-state index contributed by atoms with van der Waals surface area (Å²) < 4.78 is 13.1. The molecule has 9 heteroatoms. The van der Waals surface area contributed by atoms with Crippen molar-refractivity contribution in [3.8, 4) is 0 Å². The van der Waals surface area contributed by atoms with Gasteiger partial charge in [-0.1, -0.05) is 18.2 Å². The number of benzene rings is 1. The smallest absolute Gasteiger partial charge is 0.344 e. The Balaban J connectivity index is 0.00000171. The highest BCUT2D eigenvalue weighted by Gasteiger charge is 2.42. The van der Waals surface area contributed by atoms with E-state index in [2.05, 4.69) is 9.80 Å². The Bertz CT molecular complexity index is 1060. The predicted molar refractivity (Wildman–Crippen MR) is 142 cm³/mol. The lowest BCUT2D eigenvalue weighted by Crippen LogP contribution is -2.49. The van der Waals surface area contributed by atoms with Gasteiger partial charge in [-0.15, -0.1) is 24.8 Å². The average Bonchev–Trinajstić information content (AvgIpc) is 3.05. The van der Waals surface area contributed by atoms with E-state index in [1.165, 1.54) is 0 Å². The van der Waals surface area contributed by atoms with Crippen LogP contribution < -0.4 is 5.56 Å². The maximum absolute atomic E-state index is 13.2. The van der Waals surface area contributed by atoms with Crippen LogP contribution in [-0.4, -0.2) is 77.9 Å². The van der Waals surface area contributed by atoms with Crippen molar-refractivity contribution in [1.29, 1.82) is 0 Å². The van der Waals surface area contributed by atoms with Crippen LogP contribution in [0.1, 0.15) is 55.9 Å². The van der Waals surface area contributed by atoms with E-state index >= 15 is 0 Å². The third-order valence-electron chi connectivity index (χ3n) is 7.57. The van der Waals surface area contributed by atoms with Gasteiger partial charge in [-0.25, -0.2) is 4.79 Å². The zero-order valence-corrected chi connectivity index (χ0v) is 22.2. The molecule has 2 unspecified atom stereocenters. The van der Waals surface area contributed by atoms with Crippen molar-refractivity contribution in [1.82, 2.24) is 14.4 Å². The number of ether oxygens (including phenoxy) is 2. The number of aromatic nitrogens is 1. The van der Waals surface area contributed by atoms with Gasteiger partial charge in [0.2, 0.25) is 0 Å². The normalized spacial score (nSPS) is 24.7. The van der Waals surface area contributed by atoms with Gasteiger partial charge in [-0.05, 0) is 44.2 Å². The third-order valence-corrected chi connectivity index (χ3v) is 7.57. The van der Waals surface area contributed by atoms with Crippen LogP contribution in [0.4, 0.5) is 0 Å². The number of nitrogens with zero attached hydrogens (tertiary/aromatic N) is 3. The number of rotatable bonds is 6. The second-order valence-corrected chi connectivity index (χ2v) is 9.96. The molecule has 5 rings (SSSR count). The van der Waals surface area contributed by atoms with Crippen molar-refractivity contribution in [2.45, 2.75) is 63.8 Å². The Morgan fingerprint density at radius 3 is 2.37 bits per heavy atom. The lowest BCUT2D eigenvalue weighted by Gasteiger charge is -2.39. The molecule has 0 aliphatic carbocycles. The van der Waals surface area contributed by atoms with Crippen molar-refractivity contribution in [2.75, 3.05) is 39.4 Å². The molecule has 3 aliphatic rings. The van der Waals surface area contributed by atoms with Gasteiger partial charge in [0.15, 0.2) is 0 Å². The number of halogens is 2. The van der Waals surface area contributed by atoms with Gasteiger partial charge in [-0.2, -0.15) is 0 Å². The molecule has 0 radical (unpaired) electrons. The highest BCUT2D eigenvalue weighted by molar-refractivity contribution is 5.94. The zero-order chi connectivity index (χ0) is 22.9. The number of hydrogen-bond acceptors (Lipinski definition) is 6. The molecule has 0 spiro atoms. The summed E-state index contributed by atoms with van der Waals surface area (Å²) in [5.74, 6) is -0.480. The quantitative estimate of drug-likeness (QED) is 0.532. The summed E-state index contributed by atoms with van der Waals surface area (Å²) in [6.07, 6.45) is 3.93. The van der Waals surface area contributed by atoms with Gasteiger partial charge in [0, 0.05) is 57.1 Å². The van der Waals surface area contributed by atoms with E-state index in [-0.39, 0.29) is 48.1 Å². The first kappa shape index (κ1) is 27.9. The minimum absolute atomic E-state index is 0. The summed E-state index contributed by atoms with van der Waals surface area (Å²) >= 11 is 0. The number of para-hydroxylation sites is 1. The molecule has 4 heterocycles. The van der Waals surface area contributed by atoms with E-state index in [9.17, 15) is 9.59 Å². The topological polar surface area (TPSA) is 64.0 Å². The molecular weight excluding hydrogens is 489 g/mol. The number of fused-ring (bicyclic) bond motifs is 3. The van der Waals surface area contributed by atoms with Crippen molar-refractivity contribution in [3.63, 3.8) is 0 Å². The fourth-order valence-electron chi connectivity index (χ4n) is 5.93. The summed E-state index contributed by atoms with van der Waals surface area (Å²) in [5, 5.41) is 0.885. The number of pyridine rings is 1. The van der Waals surface area contributed by atoms with E-state index < -0.39 is 5.97 Å². The van der Waals surface area contributed by atoms with E-state index in [0.717, 1.165) is 76.0 Å². The molecule has 2 atom stereocenters. The van der Waals surface area contributed by atoms with E-state index in [1.54, 1.807) is 10.6 Å². The van der Waals surface area contributed by atoms with E-state index in [4.69, 9.17) is 9.47 Å². The van der Waals surface area contributed by atoms with Gasteiger partial charge in [0.1, 0.15) is 11.7 Å². The van der Waals surface area contributed by atoms with Crippen molar-refractivity contribution < 1.29 is 14.3 Å². The number of piperidine rings is 1.